The Morgan fingerprint density at radius 3 is 2.67 bits per heavy atom. The zero-order valence-corrected chi connectivity index (χ0v) is 10.1. The largest absolute Gasteiger partial charge is 0.392 e. The van der Waals surface area contributed by atoms with Crippen molar-refractivity contribution in [2.45, 2.75) is 13.0 Å². The molecule has 7 heteroatoms. The maximum atomic E-state index is 11.6. The standard InChI is InChI=1S/C11H14N2O5/c1-12(18-2)11(15)6-8-3-4-10(13(16)17)5-9(8)7-14/h3-5,14H,6-7H2,1-2H3. The van der Waals surface area contributed by atoms with Gasteiger partial charge in [0.25, 0.3) is 5.69 Å². The van der Waals surface area contributed by atoms with Gasteiger partial charge in [-0.2, -0.15) is 0 Å². The van der Waals surface area contributed by atoms with E-state index >= 15 is 0 Å². The van der Waals surface area contributed by atoms with Crippen LogP contribution in [0, 0.1) is 10.1 Å². The molecule has 1 aromatic carbocycles. The minimum absolute atomic E-state index is 0.0121. The minimum Gasteiger partial charge on any atom is -0.392 e. The lowest BCUT2D eigenvalue weighted by Crippen LogP contribution is -2.27. The summed E-state index contributed by atoms with van der Waals surface area (Å²) in [4.78, 5) is 26.4. The van der Waals surface area contributed by atoms with Gasteiger partial charge >= 0.3 is 0 Å². The second-order valence-electron chi connectivity index (χ2n) is 3.62. The maximum Gasteiger partial charge on any atom is 0.269 e. The molecule has 7 nitrogen and oxygen atoms in total. The Kier molecular flexibility index (Phi) is 4.75. The Morgan fingerprint density at radius 1 is 1.50 bits per heavy atom. The van der Waals surface area contributed by atoms with Gasteiger partial charge in [0, 0.05) is 19.2 Å². The van der Waals surface area contributed by atoms with Crippen molar-refractivity contribution in [3.05, 3.63) is 39.4 Å². The van der Waals surface area contributed by atoms with E-state index in [1.165, 1.54) is 32.4 Å². The predicted octanol–water partition coefficient (Wildman–Crippen LogP) is 0.649. The molecule has 1 aromatic rings. The third-order valence-electron chi connectivity index (χ3n) is 2.54. The van der Waals surface area contributed by atoms with E-state index in [1.807, 2.05) is 0 Å². The van der Waals surface area contributed by atoms with E-state index in [2.05, 4.69) is 0 Å². The fraction of sp³-hybridized carbons (Fsp3) is 0.364. The van der Waals surface area contributed by atoms with E-state index in [9.17, 15) is 14.9 Å². The third kappa shape index (κ3) is 3.25. The number of rotatable bonds is 5. The molecule has 0 heterocycles. The van der Waals surface area contributed by atoms with E-state index in [0.29, 0.717) is 11.1 Å². The van der Waals surface area contributed by atoms with Gasteiger partial charge < -0.3 is 5.11 Å². The summed E-state index contributed by atoms with van der Waals surface area (Å²) >= 11 is 0. The molecule has 1 rings (SSSR count). The van der Waals surface area contributed by atoms with Crippen LogP contribution in [0.2, 0.25) is 0 Å². The van der Waals surface area contributed by atoms with E-state index in [0.717, 1.165) is 5.06 Å². The smallest absolute Gasteiger partial charge is 0.269 e. The van der Waals surface area contributed by atoms with Crippen molar-refractivity contribution >= 4 is 11.6 Å². The Bertz CT molecular complexity index is 461. The summed E-state index contributed by atoms with van der Waals surface area (Å²) in [5, 5.41) is 20.8. The summed E-state index contributed by atoms with van der Waals surface area (Å²) in [6, 6.07) is 4.02. The Labute approximate surface area is 104 Å². The van der Waals surface area contributed by atoms with Crippen LogP contribution in [0.15, 0.2) is 18.2 Å². The molecule has 0 atom stereocenters. The molecular formula is C11H14N2O5. The van der Waals surface area contributed by atoms with Crippen molar-refractivity contribution in [3.63, 3.8) is 0 Å². The first-order valence-electron chi connectivity index (χ1n) is 5.17. The van der Waals surface area contributed by atoms with Crippen LogP contribution < -0.4 is 0 Å². The van der Waals surface area contributed by atoms with Crippen LogP contribution in [0.5, 0.6) is 0 Å². The van der Waals surface area contributed by atoms with Gasteiger partial charge in [-0.1, -0.05) is 6.07 Å². The molecule has 98 valence electrons. The fourth-order valence-electron chi connectivity index (χ4n) is 1.42. The van der Waals surface area contributed by atoms with Gasteiger partial charge in [0.1, 0.15) is 0 Å². The van der Waals surface area contributed by atoms with Gasteiger partial charge in [-0.25, -0.2) is 5.06 Å². The summed E-state index contributed by atoms with van der Waals surface area (Å²) in [7, 11) is 2.83. The van der Waals surface area contributed by atoms with Crippen LogP contribution >= 0.6 is 0 Å². The Balaban J connectivity index is 2.96. The number of hydrogen-bond acceptors (Lipinski definition) is 5. The second-order valence-corrected chi connectivity index (χ2v) is 3.62. The first-order chi connectivity index (χ1) is 8.49. The average molecular weight is 254 g/mol. The Morgan fingerprint density at radius 2 is 2.17 bits per heavy atom. The zero-order valence-electron chi connectivity index (χ0n) is 10.1. The van der Waals surface area contributed by atoms with Crippen LogP contribution in [0.4, 0.5) is 5.69 Å². The number of nitro benzene ring substituents is 1. The number of likely N-dealkylation sites (N-methyl/N-ethyl adjacent to an activating group) is 1. The number of aliphatic hydroxyl groups is 1. The quantitative estimate of drug-likeness (QED) is 0.615. The van der Waals surface area contributed by atoms with Gasteiger partial charge in [-0.05, 0) is 11.1 Å². The molecule has 1 N–H and O–H groups in total. The molecule has 0 aliphatic rings. The average Bonchev–Trinajstić information content (AvgIpc) is 2.37. The third-order valence-corrected chi connectivity index (χ3v) is 2.54. The summed E-state index contributed by atoms with van der Waals surface area (Å²) in [5.74, 6) is -0.305. The normalized spacial score (nSPS) is 10.2. The molecule has 0 aliphatic carbocycles. The van der Waals surface area contributed by atoms with Crippen LogP contribution in [-0.4, -0.2) is 35.2 Å². The molecule has 0 radical (unpaired) electrons. The molecule has 1 amide bonds. The van der Waals surface area contributed by atoms with Crippen molar-refractivity contribution in [2.75, 3.05) is 14.2 Å². The summed E-state index contributed by atoms with van der Waals surface area (Å²) in [6.07, 6.45) is 0.0121. The highest BCUT2D eigenvalue weighted by atomic mass is 16.7. The molecular weight excluding hydrogens is 240 g/mol. The van der Waals surface area contributed by atoms with Crippen LogP contribution in [0.3, 0.4) is 0 Å². The fourth-order valence-corrected chi connectivity index (χ4v) is 1.42. The summed E-state index contributed by atoms with van der Waals surface area (Å²) in [6.45, 7) is -0.360. The molecule has 0 saturated carbocycles. The van der Waals surface area contributed by atoms with Crippen molar-refractivity contribution in [1.29, 1.82) is 0 Å². The number of nitro groups is 1. The van der Waals surface area contributed by atoms with E-state index in [1.54, 1.807) is 0 Å². The monoisotopic (exact) mass is 254 g/mol. The number of non-ortho nitro benzene ring substituents is 1. The minimum atomic E-state index is -0.550. The van der Waals surface area contributed by atoms with Gasteiger partial charge in [-0.3, -0.25) is 19.7 Å². The van der Waals surface area contributed by atoms with E-state index in [4.69, 9.17) is 9.94 Å². The molecule has 0 aromatic heterocycles. The molecule has 0 fully saturated rings. The SMILES string of the molecule is CON(C)C(=O)Cc1ccc([N+](=O)[O-])cc1CO. The van der Waals surface area contributed by atoms with Crippen molar-refractivity contribution in [2.24, 2.45) is 0 Å². The molecule has 0 unspecified atom stereocenters. The second kappa shape index (κ2) is 6.08. The summed E-state index contributed by atoms with van der Waals surface area (Å²) < 4.78 is 0. The van der Waals surface area contributed by atoms with Gasteiger partial charge in [0.2, 0.25) is 5.91 Å². The lowest BCUT2D eigenvalue weighted by atomic mass is 10.0. The number of amides is 1. The van der Waals surface area contributed by atoms with E-state index in [-0.39, 0.29) is 24.6 Å². The maximum absolute atomic E-state index is 11.6. The highest BCUT2D eigenvalue weighted by Crippen LogP contribution is 2.19. The first kappa shape index (κ1) is 14.1. The number of carbonyl (C=O) groups excluding carboxylic acids is 1. The van der Waals surface area contributed by atoms with Gasteiger partial charge in [-0.15, -0.1) is 0 Å². The van der Waals surface area contributed by atoms with Crippen LogP contribution in [-0.2, 0) is 22.7 Å². The van der Waals surface area contributed by atoms with Crippen LogP contribution in [0.25, 0.3) is 0 Å². The lowest BCUT2D eigenvalue weighted by molar-refractivity contribution is -0.385. The van der Waals surface area contributed by atoms with Gasteiger partial charge in [0.15, 0.2) is 0 Å². The number of benzene rings is 1. The molecule has 0 saturated heterocycles. The number of hydroxylamine groups is 2. The Hall–Kier alpha value is -1.99. The van der Waals surface area contributed by atoms with Crippen molar-refractivity contribution in [1.82, 2.24) is 5.06 Å². The number of aliphatic hydroxyl groups excluding tert-OH is 1. The van der Waals surface area contributed by atoms with Gasteiger partial charge in [0.05, 0.1) is 25.1 Å². The lowest BCUT2D eigenvalue weighted by Gasteiger charge is -2.14. The summed E-state index contributed by atoms with van der Waals surface area (Å²) in [5.41, 5.74) is 0.786. The molecule has 0 aliphatic heterocycles. The first-order valence-corrected chi connectivity index (χ1v) is 5.17. The van der Waals surface area contributed by atoms with Crippen LogP contribution in [0.1, 0.15) is 11.1 Å². The van der Waals surface area contributed by atoms with E-state index < -0.39 is 4.92 Å². The highest BCUT2D eigenvalue weighted by Gasteiger charge is 2.15. The predicted molar refractivity (Wildman–Crippen MR) is 62.5 cm³/mol. The molecule has 18 heavy (non-hydrogen) atoms. The number of hydrogen-bond donors (Lipinski definition) is 1. The zero-order chi connectivity index (χ0) is 13.7. The molecule has 0 bridgehead atoms. The highest BCUT2D eigenvalue weighted by molar-refractivity contribution is 5.78. The topological polar surface area (TPSA) is 92.9 Å². The van der Waals surface area contributed by atoms with Crippen molar-refractivity contribution in [3.8, 4) is 0 Å². The number of nitrogens with zero attached hydrogens (tertiary/aromatic N) is 2. The number of carbonyl (C=O) groups is 1. The molecule has 0 spiro atoms. The van der Waals surface area contributed by atoms with Crippen molar-refractivity contribution < 1.29 is 19.7 Å².